The number of furan rings is 1. The molecule has 0 atom stereocenters. The van der Waals surface area contributed by atoms with Gasteiger partial charge in [-0.2, -0.15) is 5.10 Å². The van der Waals surface area contributed by atoms with Crippen LogP contribution in [0.25, 0.3) is 0 Å². The van der Waals surface area contributed by atoms with Crippen molar-refractivity contribution in [3.05, 3.63) is 53.7 Å². The Balaban J connectivity index is 1.64. The van der Waals surface area contributed by atoms with Crippen molar-refractivity contribution in [1.29, 1.82) is 0 Å². The smallest absolute Gasteiger partial charge is 0.307 e. The number of halogens is 1. The molecule has 0 radical (unpaired) electrons. The van der Waals surface area contributed by atoms with Crippen LogP contribution in [-0.2, 0) is 0 Å². The van der Waals surface area contributed by atoms with E-state index in [0.29, 0.717) is 11.3 Å². The number of benzene rings is 1. The zero-order valence-electron chi connectivity index (χ0n) is 12.0. The molecule has 1 fully saturated rings. The first-order chi connectivity index (χ1) is 10.7. The van der Waals surface area contributed by atoms with Crippen LogP contribution in [0.4, 0.5) is 10.1 Å². The molecule has 0 unspecified atom stereocenters. The van der Waals surface area contributed by atoms with Crippen LogP contribution in [0.3, 0.4) is 0 Å². The van der Waals surface area contributed by atoms with E-state index in [1.54, 1.807) is 18.2 Å². The summed E-state index contributed by atoms with van der Waals surface area (Å²) >= 11 is 0. The van der Waals surface area contributed by atoms with E-state index in [9.17, 15) is 9.18 Å². The molecule has 114 valence electrons. The monoisotopic (exact) mass is 301 g/mol. The van der Waals surface area contributed by atoms with Gasteiger partial charge in [0.2, 0.25) is 0 Å². The molecule has 0 aliphatic carbocycles. The number of carbonyl (C=O) groups excluding carboxylic acids is 1. The van der Waals surface area contributed by atoms with E-state index in [4.69, 9.17) is 4.42 Å². The Morgan fingerprint density at radius 3 is 2.82 bits per heavy atom. The molecular weight excluding hydrogens is 285 g/mol. The van der Waals surface area contributed by atoms with E-state index in [1.807, 2.05) is 4.90 Å². The number of amides is 1. The van der Waals surface area contributed by atoms with Crippen molar-refractivity contribution in [2.45, 2.75) is 12.8 Å². The average Bonchev–Trinajstić information content (AvgIpc) is 3.21. The minimum Gasteiger partial charge on any atom is -0.459 e. The van der Waals surface area contributed by atoms with Crippen LogP contribution in [-0.4, -0.2) is 25.2 Å². The number of carbonyl (C=O) groups is 1. The third-order valence-electron chi connectivity index (χ3n) is 3.54. The Morgan fingerprint density at radius 1 is 1.32 bits per heavy atom. The number of anilines is 1. The SMILES string of the molecule is O=C(N/N=C/c1ccc(N2CCCC2)c(F)c1)c1ccco1. The zero-order valence-corrected chi connectivity index (χ0v) is 12.0. The van der Waals surface area contributed by atoms with Crippen molar-refractivity contribution >= 4 is 17.8 Å². The highest BCUT2D eigenvalue weighted by Crippen LogP contribution is 2.23. The van der Waals surface area contributed by atoms with Gasteiger partial charge in [-0.3, -0.25) is 4.79 Å². The standard InChI is InChI=1S/C16H16FN3O2/c17-13-10-12(5-6-14(13)20-7-1-2-8-20)11-18-19-16(21)15-4-3-9-22-15/h3-6,9-11H,1-2,7-8H2,(H,19,21)/b18-11+. The molecule has 2 aromatic rings. The lowest BCUT2D eigenvalue weighted by Gasteiger charge is -2.18. The minimum absolute atomic E-state index is 0.174. The molecule has 5 nitrogen and oxygen atoms in total. The summed E-state index contributed by atoms with van der Waals surface area (Å²) in [6, 6.07) is 8.09. The van der Waals surface area contributed by atoms with Gasteiger partial charge in [-0.25, -0.2) is 9.82 Å². The highest BCUT2D eigenvalue weighted by Gasteiger charge is 2.15. The first-order valence-corrected chi connectivity index (χ1v) is 7.15. The lowest BCUT2D eigenvalue weighted by atomic mass is 10.2. The van der Waals surface area contributed by atoms with Gasteiger partial charge in [0.05, 0.1) is 18.2 Å². The molecule has 0 bridgehead atoms. The second-order valence-corrected chi connectivity index (χ2v) is 5.08. The van der Waals surface area contributed by atoms with Crippen LogP contribution < -0.4 is 10.3 Å². The fourth-order valence-corrected chi connectivity index (χ4v) is 2.45. The third kappa shape index (κ3) is 3.16. The Labute approximate surface area is 127 Å². The average molecular weight is 301 g/mol. The number of rotatable bonds is 4. The van der Waals surface area contributed by atoms with Gasteiger partial charge in [-0.1, -0.05) is 6.07 Å². The summed E-state index contributed by atoms with van der Waals surface area (Å²) in [4.78, 5) is 13.6. The van der Waals surface area contributed by atoms with Crippen LogP contribution >= 0.6 is 0 Å². The molecular formula is C16H16FN3O2. The summed E-state index contributed by atoms with van der Waals surface area (Å²) in [5, 5.41) is 3.80. The zero-order chi connectivity index (χ0) is 15.4. The normalized spacial score (nSPS) is 14.7. The van der Waals surface area contributed by atoms with Gasteiger partial charge in [0.1, 0.15) is 5.82 Å². The summed E-state index contributed by atoms with van der Waals surface area (Å²) in [6.07, 6.45) is 5.01. The Kier molecular flexibility index (Phi) is 4.18. The Hall–Kier alpha value is -2.63. The number of nitrogens with one attached hydrogen (secondary N) is 1. The van der Waals surface area contributed by atoms with E-state index in [2.05, 4.69) is 10.5 Å². The van der Waals surface area contributed by atoms with E-state index in [0.717, 1.165) is 25.9 Å². The molecule has 1 saturated heterocycles. The summed E-state index contributed by atoms with van der Waals surface area (Å²) in [5.41, 5.74) is 3.53. The van der Waals surface area contributed by atoms with Gasteiger partial charge in [0.25, 0.3) is 0 Å². The molecule has 1 aromatic carbocycles. The minimum atomic E-state index is -0.449. The van der Waals surface area contributed by atoms with Crippen LogP contribution in [0.1, 0.15) is 29.0 Å². The van der Waals surface area contributed by atoms with Crippen LogP contribution in [0, 0.1) is 5.82 Å². The first-order valence-electron chi connectivity index (χ1n) is 7.15. The van der Waals surface area contributed by atoms with Gasteiger partial charge in [-0.05, 0) is 42.7 Å². The molecule has 22 heavy (non-hydrogen) atoms. The second kappa shape index (κ2) is 6.43. The Morgan fingerprint density at radius 2 is 2.14 bits per heavy atom. The fourth-order valence-electron chi connectivity index (χ4n) is 2.45. The molecule has 2 heterocycles. The topological polar surface area (TPSA) is 57.8 Å². The maximum Gasteiger partial charge on any atom is 0.307 e. The molecule has 6 heteroatoms. The number of hydrogen-bond donors (Lipinski definition) is 1. The maximum atomic E-state index is 14.1. The lowest BCUT2D eigenvalue weighted by molar-refractivity contribution is 0.0927. The van der Waals surface area contributed by atoms with E-state index >= 15 is 0 Å². The quantitative estimate of drug-likeness (QED) is 0.698. The van der Waals surface area contributed by atoms with Crippen LogP contribution in [0.5, 0.6) is 0 Å². The van der Waals surface area contributed by atoms with E-state index < -0.39 is 5.91 Å². The van der Waals surface area contributed by atoms with Crippen molar-refractivity contribution in [1.82, 2.24) is 5.43 Å². The highest BCUT2D eigenvalue weighted by molar-refractivity contribution is 5.92. The molecule has 1 aliphatic rings. The number of hydrazone groups is 1. The van der Waals surface area contributed by atoms with Gasteiger partial charge < -0.3 is 9.32 Å². The predicted octanol–water partition coefficient (Wildman–Crippen LogP) is 2.78. The van der Waals surface area contributed by atoms with Crippen LogP contribution in [0.15, 0.2) is 46.1 Å². The summed E-state index contributed by atoms with van der Waals surface area (Å²) in [6.45, 7) is 1.78. The van der Waals surface area contributed by atoms with Gasteiger partial charge in [0, 0.05) is 13.1 Å². The largest absolute Gasteiger partial charge is 0.459 e. The lowest BCUT2D eigenvalue weighted by Crippen LogP contribution is -2.19. The number of nitrogens with zero attached hydrogens (tertiary/aromatic N) is 2. The molecule has 1 amide bonds. The van der Waals surface area contributed by atoms with Crippen molar-refractivity contribution < 1.29 is 13.6 Å². The van der Waals surface area contributed by atoms with Crippen molar-refractivity contribution in [2.24, 2.45) is 5.10 Å². The maximum absolute atomic E-state index is 14.1. The third-order valence-corrected chi connectivity index (χ3v) is 3.54. The molecule has 3 rings (SSSR count). The van der Waals surface area contributed by atoms with Crippen molar-refractivity contribution in [3.63, 3.8) is 0 Å². The van der Waals surface area contributed by atoms with Crippen LogP contribution in [0.2, 0.25) is 0 Å². The summed E-state index contributed by atoms with van der Waals surface area (Å²) < 4.78 is 19.0. The van der Waals surface area contributed by atoms with Crippen molar-refractivity contribution in [3.8, 4) is 0 Å². The highest BCUT2D eigenvalue weighted by atomic mass is 19.1. The Bertz CT molecular complexity index is 677. The first kappa shape index (κ1) is 14.3. The summed E-state index contributed by atoms with van der Waals surface area (Å²) in [5.74, 6) is -0.550. The molecule has 1 N–H and O–H groups in total. The molecule has 1 aromatic heterocycles. The molecule has 0 saturated carbocycles. The van der Waals surface area contributed by atoms with E-state index in [1.165, 1.54) is 24.6 Å². The van der Waals surface area contributed by atoms with E-state index in [-0.39, 0.29) is 11.6 Å². The number of hydrogen-bond acceptors (Lipinski definition) is 4. The predicted molar refractivity (Wildman–Crippen MR) is 81.6 cm³/mol. The fraction of sp³-hybridized carbons (Fsp3) is 0.250. The second-order valence-electron chi connectivity index (χ2n) is 5.08. The van der Waals surface area contributed by atoms with Gasteiger partial charge in [0.15, 0.2) is 5.76 Å². The van der Waals surface area contributed by atoms with Gasteiger partial charge >= 0.3 is 5.91 Å². The van der Waals surface area contributed by atoms with Crippen molar-refractivity contribution in [2.75, 3.05) is 18.0 Å². The van der Waals surface area contributed by atoms with Gasteiger partial charge in [-0.15, -0.1) is 0 Å². The molecule has 0 spiro atoms. The molecule has 1 aliphatic heterocycles. The summed E-state index contributed by atoms with van der Waals surface area (Å²) in [7, 11) is 0.